The van der Waals surface area contributed by atoms with Crippen molar-refractivity contribution < 1.29 is 4.74 Å². The van der Waals surface area contributed by atoms with Crippen molar-refractivity contribution >= 4 is 11.3 Å². The van der Waals surface area contributed by atoms with Gasteiger partial charge in [-0.1, -0.05) is 0 Å². The van der Waals surface area contributed by atoms with Gasteiger partial charge >= 0.3 is 0 Å². The lowest BCUT2D eigenvalue weighted by Gasteiger charge is -2.15. The summed E-state index contributed by atoms with van der Waals surface area (Å²) in [5.74, 6) is 0. The van der Waals surface area contributed by atoms with E-state index in [-0.39, 0.29) is 0 Å². The zero-order valence-electron chi connectivity index (χ0n) is 9.66. The summed E-state index contributed by atoms with van der Waals surface area (Å²) in [6, 6.07) is 2.79. The molecule has 0 radical (unpaired) electrons. The Bertz CT molecular complexity index is 236. The summed E-state index contributed by atoms with van der Waals surface area (Å²) in [5, 5.41) is 7.74. The average molecular weight is 227 g/mol. The predicted molar refractivity (Wildman–Crippen MR) is 66.6 cm³/mol. The first-order valence-corrected chi connectivity index (χ1v) is 6.57. The number of nitrogens with one attached hydrogen (secondary N) is 1. The molecule has 0 aliphatic carbocycles. The van der Waals surface area contributed by atoms with Crippen LogP contribution in [0, 0.1) is 0 Å². The molecule has 0 spiro atoms. The van der Waals surface area contributed by atoms with E-state index in [1.54, 1.807) is 11.3 Å². The van der Waals surface area contributed by atoms with Crippen LogP contribution in [0.15, 0.2) is 16.8 Å². The Hall–Kier alpha value is -0.380. The van der Waals surface area contributed by atoms with Crippen molar-refractivity contribution in [2.24, 2.45) is 0 Å². The monoisotopic (exact) mass is 227 g/mol. The van der Waals surface area contributed by atoms with Crippen molar-refractivity contribution in [3.05, 3.63) is 22.4 Å². The highest BCUT2D eigenvalue weighted by atomic mass is 32.1. The van der Waals surface area contributed by atoms with E-state index in [2.05, 4.69) is 22.1 Å². The van der Waals surface area contributed by atoms with Crippen molar-refractivity contribution in [3.63, 3.8) is 0 Å². The van der Waals surface area contributed by atoms with Crippen LogP contribution >= 0.6 is 11.3 Å². The van der Waals surface area contributed by atoms with E-state index < -0.39 is 0 Å². The molecular weight excluding hydrogens is 206 g/mol. The molecule has 86 valence electrons. The fraction of sp³-hybridized carbons (Fsp3) is 0.667. The van der Waals surface area contributed by atoms with Crippen LogP contribution in [-0.4, -0.2) is 26.3 Å². The van der Waals surface area contributed by atoms with Crippen LogP contribution in [0.3, 0.4) is 0 Å². The van der Waals surface area contributed by atoms with Gasteiger partial charge in [-0.15, -0.1) is 0 Å². The molecule has 0 aliphatic rings. The lowest BCUT2D eigenvalue weighted by atomic mass is 10.0. The van der Waals surface area contributed by atoms with E-state index >= 15 is 0 Å². The third-order valence-electron chi connectivity index (χ3n) is 2.52. The molecule has 0 aromatic carbocycles. The minimum atomic E-state index is 0.583. The van der Waals surface area contributed by atoms with Gasteiger partial charge in [0.25, 0.3) is 0 Å². The minimum absolute atomic E-state index is 0.583. The van der Waals surface area contributed by atoms with Gasteiger partial charge < -0.3 is 10.1 Å². The van der Waals surface area contributed by atoms with E-state index in [0.717, 1.165) is 26.1 Å². The third kappa shape index (κ3) is 5.30. The van der Waals surface area contributed by atoms with Crippen LogP contribution in [-0.2, 0) is 11.2 Å². The number of hydrogen-bond donors (Lipinski definition) is 1. The number of likely N-dealkylation sites (N-methyl/N-ethyl adjacent to an activating group) is 1. The Morgan fingerprint density at radius 3 is 3.00 bits per heavy atom. The Labute approximate surface area is 96.7 Å². The Morgan fingerprint density at radius 1 is 1.53 bits per heavy atom. The van der Waals surface area contributed by atoms with Crippen LogP contribution in [0.25, 0.3) is 0 Å². The van der Waals surface area contributed by atoms with Crippen LogP contribution in [0.2, 0.25) is 0 Å². The maximum absolute atomic E-state index is 5.34. The Kier molecular flexibility index (Phi) is 6.64. The van der Waals surface area contributed by atoms with Crippen molar-refractivity contribution in [2.75, 3.05) is 20.3 Å². The average Bonchev–Trinajstić information content (AvgIpc) is 2.75. The summed E-state index contributed by atoms with van der Waals surface area (Å²) in [6.07, 6.45) is 3.46. The fourth-order valence-corrected chi connectivity index (χ4v) is 2.30. The summed E-state index contributed by atoms with van der Waals surface area (Å²) < 4.78 is 5.34. The summed E-state index contributed by atoms with van der Waals surface area (Å²) in [4.78, 5) is 0. The third-order valence-corrected chi connectivity index (χ3v) is 3.25. The highest BCUT2D eigenvalue weighted by molar-refractivity contribution is 7.07. The largest absolute Gasteiger partial charge is 0.382 e. The van der Waals surface area contributed by atoms with Gasteiger partial charge in [0.2, 0.25) is 0 Å². The van der Waals surface area contributed by atoms with Gasteiger partial charge in [-0.3, -0.25) is 0 Å². The smallest absolute Gasteiger partial charge is 0.0466 e. The van der Waals surface area contributed by atoms with Crippen LogP contribution in [0.5, 0.6) is 0 Å². The quantitative estimate of drug-likeness (QED) is 0.689. The van der Waals surface area contributed by atoms with E-state index in [4.69, 9.17) is 4.74 Å². The maximum Gasteiger partial charge on any atom is 0.0466 e. The molecule has 2 nitrogen and oxygen atoms in total. The van der Waals surface area contributed by atoms with Gasteiger partial charge in [0.05, 0.1) is 0 Å². The summed E-state index contributed by atoms with van der Waals surface area (Å²) in [6.45, 7) is 3.76. The molecule has 0 amide bonds. The molecule has 1 heterocycles. The lowest BCUT2D eigenvalue weighted by Crippen LogP contribution is -2.27. The zero-order chi connectivity index (χ0) is 10.9. The van der Waals surface area contributed by atoms with Gasteiger partial charge in [0.1, 0.15) is 0 Å². The topological polar surface area (TPSA) is 21.3 Å². The fourth-order valence-electron chi connectivity index (χ4n) is 1.62. The first-order valence-electron chi connectivity index (χ1n) is 5.63. The molecule has 0 fully saturated rings. The zero-order valence-corrected chi connectivity index (χ0v) is 10.5. The molecule has 1 aromatic rings. The van der Waals surface area contributed by atoms with E-state index in [9.17, 15) is 0 Å². The van der Waals surface area contributed by atoms with Crippen LogP contribution < -0.4 is 5.32 Å². The molecular formula is C12H21NOS. The van der Waals surface area contributed by atoms with E-state index in [0.29, 0.717) is 6.04 Å². The second kappa shape index (κ2) is 7.85. The maximum atomic E-state index is 5.34. The molecule has 1 unspecified atom stereocenters. The summed E-state index contributed by atoms with van der Waals surface area (Å²) in [7, 11) is 2.04. The molecule has 0 aliphatic heterocycles. The van der Waals surface area contributed by atoms with Gasteiger partial charge in [-0.05, 0) is 55.6 Å². The molecule has 1 rings (SSSR count). The number of ether oxygens (including phenoxy) is 1. The van der Waals surface area contributed by atoms with Crippen molar-refractivity contribution in [2.45, 2.75) is 32.2 Å². The SMILES string of the molecule is CCOCCCC(Cc1ccsc1)NC. The summed E-state index contributed by atoms with van der Waals surface area (Å²) in [5.41, 5.74) is 1.44. The first-order chi connectivity index (χ1) is 7.36. The number of thiophene rings is 1. The molecule has 0 bridgehead atoms. The van der Waals surface area contributed by atoms with Crippen molar-refractivity contribution in [1.29, 1.82) is 0 Å². The van der Waals surface area contributed by atoms with Gasteiger partial charge in [0.15, 0.2) is 0 Å². The van der Waals surface area contributed by atoms with Crippen LogP contribution in [0.1, 0.15) is 25.3 Å². The molecule has 1 N–H and O–H groups in total. The first kappa shape index (κ1) is 12.7. The highest BCUT2D eigenvalue weighted by Crippen LogP contribution is 2.11. The normalized spacial score (nSPS) is 12.9. The van der Waals surface area contributed by atoms with Gasteiger partial charge in [-0.2, -0.15) is 11.3 Å². The van der Waals surface area contributed by atoms with Crippen molar-refractivity contribution in [1.82, 2.24) is 5.32 Å². The highest BCUT2D eigenvalue weighted by Gasteiger charge is 2.06. The Balaban J connectivity index is 2.18. The minimum Gasteiger partial charge on any atom is -0.382 e. The second-order valence-electron chi connectivity index (χ2n) is 3.66. The Morgan fingerprint density at radius 2 is 2.40 bits per heavy atom. The molecule has 1 atom stereocenters. The van der Waals surface area contributed by atoms with Gasteiger partial charge in [-0.25, -0.2) is 0 Å². The second-order valence-corrected chi connectivity index (χ2v) is 4.44. The number of hydrogen-bond acceptors (Lipinski definition) is 3. The molecule has 3 heteroatoms. The molecule has 0 saturated heterocycles. The predicted octanol–water partition coefficient (Wildman–Crippen LogP) is 2.70. The molecule has 1 aromatic heterocycles. The van der Waals surface area contributed by atoms with E-state index in [1.165, 1.54) is 12.0 Å². The molecule has 0 saturated carbocycles. The van der Waals surface area contributed by atoms with Gasteiger partial charge in [0, 0.05) is 19.3 Å². The standard InChI is InChI=1S/C12H21NOS/c1-3-14-7-4-5-12(13-2)9-11-6-8-15-10-11/h6,8,10,12-13H,3-5,7,9H2,1-2H3. The van der Waals surface area contributed by atoms with E-state index in [1.807, 2.05) is 14.0 Å². The van der Waals surface area contributed by atoms with Crippen LogP contribution in [0.4, 0.5) is 0 Å². The van der Waals surface area contributed by atoms with Crippen molar-refractivity contribution in [3.8, 4) is 0 Å². The number of rotatable bonds is 8. The lowest BCUT2D eigenvalue weighted by molar-refractivity contribution is 0.141. The summed E-state index contributed by atoms with van der Waals surface area (Å²) >= 11 is 1.77. The molecule has 15 heavy (non-hydrogen) atoms.